The smallest absolute Gasteiger partial charge is 0.251 e. The molecule has 0 N–H and O–H groups in total. The van der Waals surface area contributed by atoms with Crippen LogP contribution in [0.3, 0.4) is 0 Å². The van der Waals surface area contributed by atoms with Crippen LogP contribution in [0.2, 0.25) is 0 Å². The number of rotatable bonds is 2. The summed E-state index contributed by atoms with van der Waals surface area (Å²) >= 11 is 2.92. The molecule has 1 heterocycles. The van der Waals surface area contributed by atoms with Crippen LogP contribution in [0.15, 0.2) is 28.3 Å². The summed E-state index contributed by atoms with van der Waals surface area (Å²) in [5.74, 6) is 0. The summed E-state index contributed by atoms with van der Waals surface area (Å²) < 4.78 is 0.954. The minimum absolute atomic E-state index is 0.747. The Bertz CT molecular complexity index is 230. The van der Waals surface area contributed by atoms with Crippen LogP contribution in [0, 0.1) is 5.21 Å². The number of aromatic nitrogens is 1. The second kappa shape index (κ2) is 3.88. The van der Waals surface area contributed by atoms with Gasteiger partial charge < -0.3 is 5.21 Å². The fraction of sp³-hybridized carbons (Fsp3) is 0.286. The van der Waals surface area contributed by atoms with Crippen LogP contribution in [0.25, 0.3) is 0 Å². The van der Waals surface area contributed by atoms with Gasteiger partial charge in [-0.1, -0.05) is 23.5 Å². The van der Waals surface area contributed by atoms with E-state index in [0.717, 1.165) is 14.8 Å². The van der Waals surface area contributed by atoms with Gasteiger partial charge in [-0.2, -0.15) is 4.73 Å². The summed E-state index contributed by atoms with van der Waals surface area (Å²) in [5, 5.41) is 12.8. The van der Waals surface area contributed by atoms with E-state index in [1.165, 1.54) is 23.5 Å². The molecule has 0 atom stereocenters. The Morgan fingerprint density at radius 3 is 2.00 bits per heavy atom. The highest BCUT2D eigenvalue weighted by Crippen LogP contribution is 2.14. The maximum atomic E-state index is 11.3. The number of thioether (sulfide) groups is 2. The summed E-state index contributed by atoms with van der Waals surface area (Å²) in [4.78, 5) is 0. The first-order chi connectivity index (χ1) is 5.29. The number of nitrogens with zero attached hydrogens (tertiary/aromatic N) is 1. The molecule has 0 fully saturated rings. The van der Waals surface area contributed by atoms with Gasteiger partial charge in [0.05, 0.1) is 0 Å². The second-order valence-electron chi connectivity index (χ2n) is 1.90. The lowest BCUT2D eigenvalue weighted by Crippen LogP contribution is -2.31. The lowest BCUT2D eigenvalue weighted by molar-refractivity contribution is -0.683. The standard InChI is InChI=1S/C7H9NOS2/c1-10-6-4-3-5-7(11-2)8(6)9/h3-5H,1-2H3. The molecule has 0 aliphatic rings. The van der Waals surface area contributed by atoms with Crippen molar-refractivity contribution in [1.29, 1.82) is 0 Å². The van der Waals surface area contributed by atoms with E-state index >= 15 is 0 Å². The molecule has 1 aromatic heterocycles. The minimum atomic E-state index is 0.747. The average molecular weight is 187 g/mol. The van der Waals surface area contributed by atoms with Crippen molar-refractivity contribution in [1.82, 2.24) is 0 Å². The average Bonchev–Trinajstić information content (AvgIpc) is 2.05. The first-order valence-corrected chi connectivity index (χ1v) is 5.55. The molecule has 1 rings (SSSR count). The highest BCUT2D eigenvalue weighted by Gasteiger charge is 2.07. The molecule has 60 valence electrons. The van der Waals surface area contributed by atoms with Gasteiger partial charge in [-0.3, -0.25) is 0 Å². The number of pyridine rings is 1. The molecule has 0 unspecified atom stereocenters. The van der Waals surface area contributed by atoms with Crippen molar-refractivity contribution in [2.75, 3.05) is 12.5 Å². The maximum Gasteiger partial charge on any atom is 0.251 e. The van der Waals surface area contributed by atoms with Gasteiger partial charge in [0.2, 0.25) is 0 Å². The highest BCUT2D eigenvalue weighted by molar-refractivity contribution is 7.99. The van der Waals surface area contributed by atoms with Crippen molar-refractivity contribution in [3.63, 3.8) is 0 Å². The Balaban J connectivity index is 3.10. The zero-order valence-electron chi connectivity index (χ0n) is 6.40. The van der Waals surface area contributed by atoms with E-state index in [4.69, 9.17) is 0 Å². The Labute approximate surface area is 74.6 Å². The maximum absolute atomic E-state index is 11.3. The molecule has 4 heteroatoms. The topological polar surface area (TPSA) is 26.9 Å². The molecule has 0 amide bonds. The van der Waals surface area contributed by atoms with E-state index < -0.39 is 0 Å². The first kappa shape index (κ1) is 8.74. The summed E-state index contributed by atoms with van der Waals surface area (Å²) in [6.45, 7) is 0. The normalized spacial score (nSPS) is 10.0. The van der Waals surface area contributed by atoms with E-state index in [1.807, 2.05) is 30.7 Å². The zero-order valence-corrected chi connectivity index (χ0v) is 8.04. The molecule has 0 radical (unpaired) electrons. The van der Waals surface area contributed by atoms with Gasteiger partial charge in [-0.05, 0) is 18.6 Å². The third-order valence-electron chi connectivity index (χ3n) is 1.30. The van der Waals surface area contributed by atoms with Crippen LogP contribution in [0.1, 0.15) is 0 Å². The third kappa shape index (κ3) is 1.81. The van der Waals surface area contributed by atoms with Gasteiger partial charge in [0, 0.05) is 12.1 Å². The predicted octanol–water partition coefficient (Wildman–Crippen LogP) is 1.76. The van der Waals surface area contributed by atoms with Gasteiger partial charge in [-0.15, -0.1) is 0 Å². The Hall–Kier alpha value is -0.350. The van der Waals surface area contributed by atoms with E-state index in [9.17, 15) is 5.21 Å². The van der Waals surface area contributed by atoms with Crippen molar-refractivity contribution in [3.05, 3.63) is 23.4 Å². The highest BCUT2D eigenvalue weighted by atomic mass is 32.2. The van der Waals surface area contributed by atoms with Crippen LogP contribution >= 0.6 is 23.5 Å². The molecule has 11 heavy (non-hydrogen) atoms. The second-order valence-corrected chi connectivity index (χ2v) is 3.56. The van der Waals surface area contributed by atoms with Crippen molar-refractivity contribution in [2.45, 2.75) is 10.1 Å². The van der Waals surface area contributed by atoms with Crippen LogP contribution in [0.5, 0.6) is 0 Å². The molecule has 0 saturated heterocycles. The predicted molar refractivity (Wildman–Crippen MR) is 49.0 cm³/mol. The van der Waals surface area contributed by atoms with Crippen LogP contribution in [0.4, 0.5) is 0 Å². The quantitative estimate of drug-likeness (QED) is 0.401. The summed E-state index contributed by atoms with van der Waals surface area (Å²) in [6, 6.07) is 5.53. The monoisotopic (exact) mass is 187 g/mol. The first-order valence-electron chi connectivity index (χ1n) is 3.10. The molecular weight excluding hydrogens is 178 g/mol. The fourth-order valence-electron chi connectivity index (χ4n) is 0.759. The Morgan fingerprint density at radius 2 is 1.64 bits per heavy atom. The van der Waals surface area contributed by atoms with Crippen LogP contribution in [-0.2, 0) is 0 Å². The van der Waals surface area contributed by atoms with Gasteiger partial charge >= 0.3 is 0 Å². The van der Waals surface area contributed by atoms with Crippen LogP contribution in [-0.4, -0.2) is 12.5 Å². The minimum Gasteiger partial charge on any atom is -0.617 e. The van der Waals surface area contributed by atoms with E-state index in [1.54, 1.807) is 0 Å². The number of hydrogen-bond acceptors (Lipinski definition) is 3. The summed E-state index contributed by atoms with van der Waals surface area (Å²) in [6.07, 6.45) is 3.79. The molecule has 0 spiro atoms. The lowest BCUT2D eigenvalue weighted by atomic mass is 10.5. The Morgan fingerprint density at radius 1 is 1.18 bits per heavy atom. The van der Waals surface area contributed by atoms with E-state index in [-0.39, 0.29) is 0 Å². The van der Waals surface area contributed by atoms with Gasteiger partial charge in [0.15, 0.2) is 0 Å². The molecule has 0 aliphatic heterocycles. The van der Waals surface area contributed by atoms with Crippen molar-refractivity contribution >= 4 is 23.5 Å². The molecule has 0 bridgehead atoms. The fourth-order valence-corrected chi connectivity index (χ4v) is 1.77. The summed E-state index contributed by atoms with van der Waals surface area (Å²) in [5.41, 5.74) is 0. The molecule has 0 saturated carbocycles. The van der Waals surface area contributed by atoms with Gasteiger partial charge in [0.1, 0.15) is 0 Å². The molecule has 0 aliphatic carbocycles. The molecule has 0 aromatic carbocycles. The van der Waals surface area contributed by atoms with E-state index in [2.05, 4.69) is 0 Å². The van der Waals surface area contributed by atoms with Gasteiger partial charge in [-0.25, -0.2) is 0 Å². The largest absolute Gasteiger partial charge is 0.617 e. The van der Waals surface area contributed by atoms with Crippen molar-refractivity contribution < 1.29 is 4.73 Å². The molecule has 2 nitrogen and oxygen atoms in total. The third-order valence-corrected chi connectivity index (χ3v) is 2.74. The van der Waals surface area contributed by atoms with E-state index in [0.29, 0.717) is 0 Å². The van der Waals surface area contributed by atoms with Gasteiger partial charge in [0.25, 0.3) is 10.1 Å². The van der Waals surface area contributed by atoms with Crippen molar-refractivity contribution in [3.8, 4) is 0 Å². The zero-order chi connectivity index (χ0) is 8.27. The molecule has 1 aromatic rings. The summed E-state index contributed by atoms with van der Waals surface area (Å²) in [7, 11) is 0. The SMILES string of the molecule is CSc1cccc(SC)[n+]1[O-]. The lowest BCUT2D eigenvalue weighted by Gasteiger charge is -2.03. The Kier molecular flexibility index (Phi) is 3.08. The molecular formula is C7H9NOS2. The van der Waals surface area contributed by atoms with Crippen LogP contribution < -0.4 is 4.73 Å². The van der Waals surface area contributed by atoms with Crippen molar-refractivity contribution in [2.24, 2.45) is 0 Å². The number of hydrogen-bond donors (Lipinski definition) is 0.